The second-order valence-electron chi connectivity index (χ2n) is 7.67. The Bertz CT molecular complexity index is 696. The zero-order valence-electron chi connectivity index (χ0n) is 15.6. The van der Waals surface area contributed by atoms with E-state index < -0.39 is 0 Å². The quantitative estimate of drug-likeness (QED) is 0.784. The van der Waals surface area contributed by atoms with E-state index in [1.165, 1.54) is 49.5 Å². The number of nitrogens with zero attached hydrogens (tertiary/aromatic N) is 1. The van der Waals surface area contributed by atoms with Crippen LogP contribution in [0.2, 0.25) is 0 Å². The van der Waals surface area contributed by atoms with E-state index in [1.54, 1.807) is 0 Å². The summed E-state index contributed by atoms with van der Waals surface area (Å²) in [6, 6.07) is 8.27. The lowest BCUT2D eigenvalue weighted by Crippen LogP contribution is -2.52. The third-order valence-electron chi connectivity index (χ3n) is 5.89. The first-order valence-electron chi connectivity index (χ1n) is 9.60. The highest BCUT2D eigenvalue weighted by molar-refractivity contribution is 5.84. The first-order chi connectivity index (χ1) is 12.1. The lowest BCUT2D eigenvalue weighted by atomic mass is 9.88. The number of H-pyrrole nitrogens is 1. The van der Waals surface area contributed by atoms with Crippen LogP contribution in [0.25, 0.3) is 10.9 Å². The monoisotopic (exact) mass is 341 g/mol. The molecule has 1 aromatic carbocycles. The fraction of sp³-hybridized carbons (Fsp3) is 0.571. The van der Waals surface area contributed by atoms with Crippen LogP contribution in [0.15, 0.2) is 30.5 Å². The van der Waals surface area contributed by atoms with E-state index in [0.717, 1.165) is 18.5 Å². The van der Waals surface area contributed by atoms with Gasteiger partial charge in [0.05, 0.1) is 0 Å². The predicted molar refractivity (Wildman–Crippen MR) is 104 cm³/mol. The van der Waals surface area contributed by atoms with Gasteiger partial charge in [-0.3, -0.25) is 4.79 Å². The van der Waals surface area contributed by atoms with Gasteiger partial charge in [0.25, 0.3) is 0 Å². The molecule has 0 spiro atoms. The molecule has 1 aliphatic rings. The molecular weight excluding hydrogens is 310 g/mol. The number of hydrogen-bond acceptors (Lipinski definition) is 2. The van der Waals surface area contributed by atoms with Crippen LogP contribution in [-0.4, -0.2) is 42.0 Å². The van der Waals surface area contributed by atoms with E-state index in [9.17, 15) is 4.79 Å². The van der Waals surface area contributed by atoms with Crippen LogP contribution in [0, 0.1) is 0 Å². The average molecular weight is 341 g/mol. The van der Waals surface area contributed by atoms with Gasteiger partial charge in [0.1, 0.15) is 0 Å². The molecular formula is C21H31N3O. The molecule has 2 aromatic rings. The van der Waals surface area contributed by atoms with Gasteiger partial charge in [-0.15, -0.1) is 0 Å². The lowest BCUT2D eigenvalue weighted by molar-refractivity contribution is -0.121. The molecule has 1 fully saturated rings. The third-order valence-corrected chi connectivity index (χ3v) is 5.89. The summed E-state index contributed by atoms with van der Waals surface area (Å²) in [6.07, 6.45) is 10.9. The van der Waals surface area contributed by atoms with Gasteiger partial charge in [-0.2, -0.15) is 0 Å². The minimum Gasteiger partial charge on any atom is -0.361 e. The number of amides is 1. The number of likely N-dealkylation sites (N-methyl/N-ethyl adjacent to an activating group) is 1. The molecule has 2 N–H and O–H groups in total. The van der Waals surface area contributed by atoms with Crippen molar-refractivity contribution in [2.24, 2.45) is 0 Å². The summed E-state index contributed by atoms with van der Waals surface area (Å²) in [7, 11) is 4.31. The Morgan fingerprint density at radius 3 is 2.60 bits per heavy atom. The van der Waals surface area contributed by atoms with Crippen LogP contribution in [-0.2, 0) is 11.2 Å². The van der Waals surface area contributed by atoms with Gasteiger partial charge in [0.15, 0.2) is 0 Å². The summed E-state index contributed by atoms with van der Waals surface area (Å²) in [6.45, 7) is 0.771. The Morgan fingerprint density at radius 2 is 1.88 bits per heavy atom. The summed E-state index contributed by atoms with van der Waals surface area (Å²) >= 11 is 0. The highest BCUT2D eigenvalue weighted by atomic mass is 16.1. The predicted octanol–water partition coefficient (Wildman–Crippen LogP) is 3.87. The Kier molecular flexibility index (Phi) is 5.79. The molecule has 1 aromatic heterocycles. The van der Waals surface area contributed by atoms with Crippen LogP contribution in [0.3, 0.4) is 0 Å². The van der Waals surface area contributed by atoms with Gasteiger partial charge in [-0.25, -0.2) is 0 Å². The zero-order chi connectivity index (χ0) is 17.7. The summed E-state index contributed by atoms with van der Waals surface area (Å²) in [5.41, 5.74) is 2.50. The van der Waals surface area contributed by atoms with E-state index in [4.69, 9.17) is 0 Å². The highest BCUT2D eigenvalue weighted by Crippen LogP contribution is 2.30. The molecule has 0 unspecified atom stereocenters. The fourth-order valence-corrected chi connectivity index (χ4v) is 4.11. The van der Waals surface area contributed by atoms with Crippen molar-refractivity contribution >= 4 is 16.8 Å². The van der Waals surface area contributed by atoms with Crippen molar-refractivity contribution in [3.8, 4) is 0 Å². The molecule has 1 amide bonds. The summed E-state index contributed by atoms with van der Waals surface area (Å²) in [5, 5.41) is 4.45. The maximum Gasteiger partial charge on any atom is 0.220 e. The number of aromatic nitrogens is 1. The topological polar surface area (TPSA) is 48.1 Å². The fourth-order valence-electron chi connectivity index (χ4n) is 4.11. The van der Waals surface area contributed by atoms with Crippen LogP contribution in [0.4, 0.5) is 0 Å². The molecule has 3 rings (SSSR count). The zero-order valence-corrected chi connectivity index (χ0v) is 15.6. The number of carbonyl (C=O) groups excluding carboxylic acids is 1. The third kappa shape index (κ3) is 4.24. The first kappa shape index (κ1) is 18.0. The molecule has 0 atom stereocenters. The SMILES string of the molecule is CN(C)C1(CNC(=O)CCc2c[nH]c3ccccc23)CCCCCC1. The highest BCUT2D eigenvalue weighted by Gasteiger charge is 2.33. The van der Waals surface area contributed by atoms with Crippen molar-refractivity contribution in [2.75, 3.05) is 20.6 Å². The van der Waals surface area contributed by atoms with Crippen molar-refractivity contribution in [2.45, 2.75) is 56.9 Å². The molecule has 25 heavy (non-hydrogen) atoms. The van der Waals surface area contributed by atoms with Gasteiger partial charge in [-0.05, 0) is 45.0 Å². The number of benzene rings is 1. The van der Waals surface area contributed by atoms with Crippen LogP contribution < -0.4 is 5.32 Å². The number of para-hydroxylation sites is 1. The minimum atomic E-state index is 0.132. The second-order valence-corrected chi connectivity index (χ2v) is 7.67. The van der Waals surface area contributed by atoms with Crippen molar-refractivity contribution < 1.29 is 4.79 Å². The van der Waals surface area contributed by atoms with E-state index >= 15 is 0 Å². The number of fused-ring (bicyclic) bond motifs is 1. The van der Waals surface area contributed by atoms with E-state index in [0.29, 0.717) is 6.42 Å². The Labute approximate surface area is 151 Å². The molecule has 1 aliphatic carbocycles. The normalized spacial score (nSPS) is 17.6. The van der Waals surface area contributed by atoms with Crippen molar-refractivity contribution in [3.63, 3.8) is 0 Å². The standard InChI is InChI=1S/C21H31N3O/c1-24(2)21(13-7-3-4-8-14-21)16-23-20(25)12-11-17-15-22-19-10-6-5-9-18(17)19/h5-6,9-10,15,22H,3-4,7-8,11-14,16H2,1-2H3,(H,23,25). The van der Waals surface area contributed by atoms with Crippen molar-refractivity contribution in [3.05, 3.63) is 36.0 Å². The minimum absolute atomic E-state index is 0.132. The van der Waals surface area contributed by atoms with Gasteiger partial charge >= 0.3 is 0 Å². The van der Waals surface area contributed by atoms with Crippen LogP contribution in [0.1, 0.15) is 50.5 Å². The molecule has 4 heteroatoms. The van der Waals surface area contributed by atoms with E-state index in [2.05, 4.69) is 41.4 Å². The molecule has 0 radical (unpaired) electrons. The van der Waals surface area contributed by atoms with Crippen molar-refractivity contribution in [1.29, 1.82) is 0 Å². The van der Waals surface area contributed by atoms with Gasteiger partial charge < -0.3 is 15.2 Å². The number of nitrogens with one attached hydrogen (secondary N) is 2. The average Bonchev–Trinajstić information content (AvgIpc) is 2.86. The summed E-state index contributed by atoms with van der Waals surface area (Å²) in [4.78, 5) is 18.0. The van der Waals surface area contributed by atoms with Gasteiger partial charge in [-0.1, -0.05) is 43.9 Å². The summed E-state index contributed by atoms with van der Waals surface area (Å²) in [5.74, 6) is 0.163. The molecule has 0 saturated heterocycles. The van der Waals surface area contributed by atoms with Crippen LogP contribution in [0.5, 0.6) is 0 Å². The van der Waals surface area contributed by atoms with Crippen molar-refractivity contribution in [1.82, 2.24) is 15.2 Å². The first-order valence-corrected chi connectivity index (χ1v) is 9.60. The Morgan fingerprint density at radius 1 is 1.16 bits per heavy atom. The molecule has 1 saturated carbocycles. The van der Waals surface area contributed by atoms with Gasteiger partial charge in [0, 0.05) is 35.6 Å². The molecule has 1 heterocycles. The second kappa shape index (κ2) is 8.05. The van der Waals surface area contributed by atoms with E-state index in [1.807, 2.05) is 18.3 Å². The number of aromatic amines is 1. The number of hydrogen-bond donors (Lipinski definition) is 2. The number of carbonyl (C=O) groups is 1. The molecule has 0 bridgehead atoms. The summed E-state index contributed by atoms with van der Waals surface area (Å²) < 4.78 is 0. The molecule has 136 valence electrons. The molecule has 4 nitrogen and oxygen atoms in total. The van der Waals surface area contributed by atoms with Crippen LogP contribution >= 0.6 is 0 Å². The largest absolute Gasteiger partial charge is 0.361 e. The maximum absolute atomic E-state index is 12.4. The lowest BCUT2D eigenvalue weighted by Gasteiger charge is -2.39. The smallest absolute Gasteiger partial charge is 0.220 e. The Hall–Kier alpha value is -1.81. The Balaban J connectivity index is 1.55. The number of rotatable bonds is 6. The van der Waals surface area contributed by atoms with Gasteiger partial charge in [0.2, 0.25) is 5.91 Å². The molecule has 0 aliphatic heterocycles. The van der Waals surface area contributed by atoms with E-state index in [-0.39, 0.29) is 11.4 Å². The number of aryl methyl sites for hydroxylation is 1. The maximum atomic E-state index is 12.4.